The molecule has 0 aliphatic carbocycles. The van der Waals surface area contributed by atoms with Gasteiger partial charge in [0.05, 0.1) is 0 Å². The number of hydrogen-bond acceptors (Lipinski definition) is 3. The van der Waals surface area contributed by atoms with Crippen molar-refractivity contribution in [2.75, 3.05) is 0 Å². The maximum atomic E-state index is 4.65. The fourth-order valence-corrected chi connectivity index (χ4v) is 7.86. The average Bonchev–Trinajstić information content (AvgIpc) is 3.33. The third-order valence-corrected chi connectivity index (χ3v) is 11.1. The number of aromatic nitrogens is 3. The van der Waals surface area contributed by atoms with E-state index in [-0.39, 0.29) is 20.1 Å². The van der Waals surface area contributed by atoms with Crippen molar-refractivity contribution in [1.29, 1.82) is 0 Å². The number of aryl methyl sites for hydroxylation is 6. The van der Waals surface area contributed by atoms with E-state index in [0.29, 0.717) is 0 Å². The minimum atomic E-state index is 0. The molecule has 0 radical (unpaired) electrons. The largest absolute Gasteiger partial charge is 3.00 e. The smallest absolute Gasteiger partial charge is 0.305 e. The van der Waals surface area contributed by atoms with Crippen molar-refractivity contribution in [2.45, 2.75) is 38.5 Å². The molecule has 9 rings (SSSR count). The van der Waals surface area contributed by atoms with Gasteiger partial charge in [0.1, 0.15) is 0 Å². The van der Waals surface area contributed by atoms with Crippen molar-refractivity contribution in [3.05, 3.63) is 246 Å². The number of pyridine rings is 3. The predicted octanol–water partition coefficient (Wildman–Crippen LogP) is 13.0. The Balaban J connectivity index is 0.00000514. The third kappa shape index (κ3) is 10.6. The summed E-state index contributed by atoms with van der Waals surface area (Å²) in [4.78, 5) is 13.7. The van der Waals surface area contributed by atoms with Crippen LogP contribution in [0.25, 0.3) is 56.0 Å². The first kappa shape index (κ1) is 41.2. The standard InChI is InChI=1S/C57H44N3.Ir/c1-2-10-47(11-3-1)48-29-31-50(32-30-48)54-41-53(57-14-6-9-37-60-57)34-33-49(54)24-23-46-39-44(17-15-42-19-25-51(26-20-42)55-12-4-7-35-58-55)38-45(40-46)18-16-43-21-27-52(28-22-43)56-13-5-8-36-59-56;/h1-14,19-22,25,27,29-33,35-41H,15-18,23-24H2;/q-3;+3. The molecular formula is C57H44IrN3. The van der Waals surface area contributed by atoms with E-state index in [9.17, 15) is 0 Å². The minimum Gasteiger partial charge on any atom is -0.305 e. The normalized spacial score (nSPS) is 10.9. The van der Waals surface area contributed by atoms with Gasteiger partial charge in [-0.05, 0) is 87.9 Å². The zero-order valence-electron chi connectivity index (χ0n) is 33.9. The molecule has 3 aromatic heterocycles. The molecule has 0 fully saturated rings. The van der Waals surface area contributed by atoms with E-state index in [1.165, 1.54) is 55.6 Å². The fraction of sp³-hybridized carbons (Fsp3) is 0.105. The quantitative estimate of drug-likeness (QED) is 0.102. The van der Waals surface area contributed by atoms with Crippen molar-refractivity contribution >= 4 is 0 Å². The topological polar surface area (TPSA) is 38.7 Å². The Morgan fingerprint density at radius 1 is 0.328 bits per heavy atom. The van der Waals surface area contributed by atoms with Crippen molar-refractivity contribution in [3.63, 3.8) is 0 Å². The molecule has 0 spiro atoms. The molecule has 6 aromatic carbocycles. The predicted molar refractivity (Wildman–Crippen MR) is 245 cm³/mol. The van der Waals surface area contributed by atoms with Gasteiger partial charge in [-0.2, -0.15) is 0 Å². The SMILES string of the molecule is [Ir+3].[c-]1cc(CCc2cc(CCc3c[c-]c(-c4ccccn4)cc3)cc(CCc3c[c-]c(-c4ccccn4)cc3-c3ccc(-c4ccccc4)cc3)c2)ccc1-c1ccccn1. The Hall–Kier alpha value is -6.58. The van der Waals surface area contributed by atoms with Gasteiger partial charge in [-0.3, -0.25) is 0 Å². The molecule has 0 atom stereocenters. The molecule has 296 valence electrons. The summed E-state index contributed by atoms with van der Waals surface area (Å²) in [6, 6.07) is 72.8. The number of hydrogen-bond donors (Lipinski definition) is 0. The zero-order chi connectivity index (χ0) is 40.4. The molecule has 0 saturated heterocycles. The van der Waals surface area contributed by atoms with Crippen LogP contribution in [-0.4, -0.2) is 15.0 Å². The van der Waals surface area contributed by atoms with Crippen molar-refractivity contribution in [2.24, 2.45) is 0 Å². The molecule has 4 heteroatoms. The molecule has 0 bridgehead atoms. The summed E-state index contributed by atoms with van der Waals surface area (Å²) in [5.74, 6) is 0. The molecule has 0 aliphatic heterocycles. The van der Waals surface area contributed by atoms with Crippen LogP contribution < -0.4 is 0 Å². The Bertz CT molecular complexity index is 2650. The second kappa shape index (κ2) is 20.1. The fourth-order valence-electron chi connectivity index (χ4n) is 7.86. The maximum Gasteiger partial charge on any atom is 3.00 e. The van der Waals surface area contributed by atoms with Gasteiger partial charge < -0.3 is 15.0 Å². The Labute approximate surface area is 373 Å². The van der Waals surface area contributed by atoms with Crippen LogP contribution in [0.1, 0.15) is 33.4 Å². The van der Waals surface area contributed by atoms with Crippen LogP contribution in [0.2, 0.25) is 0 Å². The first-order valence-corrected chi connectivity index (χ1v) is 20.8. The molecule has 9 aromatic rings. The van der Waals surface area contributed by atoms with E-state index >= 15 is 0 Å². The van der Waals surface area contributed by atoms with Gasteiger partial charge in [-0.25, -0.2) is 0 Å². The molecule has 61 heavy (non-hydrogen) atoms. The number of nitrogens with zero attached hydrogens (tertiary/aromatic N) is 3. The number of rotatable bonds is 14. The number of benzene rings is 6. The van der Waals surface area contributed by atoms with Gasteiger partial charge in [0.25, 0.3) is 0 Å². The monoisotopic (exact) mass is 963 g/mol. The molecular weight excluding hydrogens is 919 g/mol. The summed E-state index contributed by atoms with van der Waals surface area (Å²) in [5, 5.41) is 0. The molecule has 0 unspecified atom stereocenters. The van der Waals surface area contributed by atoms with Crippen LogP contribution in [0.5, 0.6) is 0 Å². The van der Waals surface area contributed by atoms with E-state index in [0.717, 1.165) is 72.3 Å². The summed E-state index contributed by atoms with van der Waals surface area (Å²) < 4.78 is 0. The summed E-state index contributed by atoms with van der Waals surface area (Å²) in [5.41, 5.74) is 18.6. The molecule has 0 saturated carbocycles. The minimum absolute atomic E-state index is 0. The van der Waals surface area contributed by atoms with Gasteiger partial charge in [-0.1, -0.05) is 134 Å². The summed E-state index contributed by atoms with van der Waals surface area (Å²) in [7, 11) is 0. The van der Waals surface area contributed by atoms with E-state index in [2.05, 4.69) is 161 Å². The van der Waals surface area contributed by atoms with E-state index < -0.39 is 0 Å². The second-order valence-corrected chi connectivity index (χ2v) is 15.3. The third-order valence-electron chi connectivity index (χ3n) is 11.1. The van der Waals surface area contributed by atoms with Crippen LogP contribution in [0.15, 0.2) is 195 Å². The maximum absolute atomic E-state index is 4.65. The zero-order valence-corrected chi connectivity index (χ0v) is 36.3. The van der Waals surface area contributed by atoms with Gasteiger partial charge in [-0.15, -0.1) is 100 Å². The van der Waals surface area contributed by atoms with Crippen LogP contribution >= 0.6 is 0 Å². The average molecular weight is 963 g/mol. The van der Waals surface area contributed by atoms with Crippen molar-refractivity contribution < 1.29 is 20.1 Å². The van der Waals surface area contributed by atoms with Gasteiger partial charge in [0, 0.05) is 18.6 Å². The first-order chi connectivity index (χ1) is 29.7. The second-order valence-electron chi connectivity index (χ2n) is 15.3. The molecule has 3 heterocycles. The van der Waals surface area contributed by atoms with E-state index in [1.54, 1.807) is 0 Å². The molecule has 0 aliphatic rings. The van der Waals surface area contributed by atoms with E-state index in [4.69, 9.17) is 0 Å². The molecule has 0 amide bonds. The van der Waals surface area contributed by atoms with Crippen molar-refractivity contribution in [1.82, 2.24) is 15.0 Å². The van der Waals surface area contributed by atoms with E-state index in [1.807, 2.05) is 67.1 Å². The first-order valence-electron chi connectivity index (χ1n) is 20.8. The van der Waals surface area contributed by atoms with Crippen LogP contribution in [0.3, 0.4) is 0 Å². The van der Waals surface area contributed by atoms with Gasteiger partial charge in [0.15, 0.2) is 0 Å². The Morgan fingerprint density at radius 2 is 0.754 bits per heavy atom. The Morgan fingerprint density at radius 3 is 1.23 bits per heavy atom. The van der Waals surface area contributed by atoms with Crippen LogP contribution in [0.4, 0.5) is 0 Å². The van der Waals surface area contributed by atoms with Crippen LogP contribution in [0, 0.1) is 18.2 Å². The summed E-state index contributed by atoms with van der Waals surface area (Å²) in [6.07, 6.45) is 11.1. The molecule has 3 nitrogen and oxygen atoms in total. The molecule has 0 N–H and O–H groups in total. The summed E-state index contributed by atoms with van der Waals surface area (Å²) in [6.45, 7) is 0. The van der Waals surface area contributed by atoms with Gasteiger partial charge >= 0.3 is 20.1 Å². The van der Waals surface area contributed by atoms with Crippen LogP contribution in [-0.2, 0) is 58.6 Å². The Kier molecular flexibility index (Phi) is 13.6. The summed E-state index contributed by atoms with van der Waals surface area (Å²) >= 11 is 0. The van der Waals surface area contributed by atoms with Gasteiger partial charge in [0.2, 0.25) is 0 Å². The van der Waals surface area contributed by atoms with Crippen molar-refractivity contribution in [3.8, 4) is 56.0 Å².